The summed E-state index contributed by atoms with van der Waals surface area (Å²) >= 11 is 3.37. The fourth-order valence-corrected chi connectivity index (χ4v) is 4.98. The second kappa shape index (κ2) is 12.8. The fourth-order valence-electron chi connectivity index (χ4n) is 3.50. The van der Waals surface area contributed by atoms with Gasteiger partial charge in [0.1, 0.15) is 18.3 Å². The molecular formula is C24H32BrN3O5S. The van der Waals surface area contributed by atoms with Gasteiger partial charge in [-0.2, -0.15) is 0 Å². The van der Waals surface area contributed by atoms with E-state index in [2.05, 4.69) is 21.2 Å². The summed E-state index contributed by atoms with van der Waals surface area (Å²) in [7, 11) is -2.23. The van der Waals surface area contributed by atoms with Gasteiger partial charge >= 0.3 is 0 Å². The third kappa shape index (κ3) is 7.46. The maximum atomic E-state index is 13.6. The van der Waals surface area contributed by atoms with Crippen LogP contribution in [-0.4, -0.2) is 57.6 Å². The second-order valence-electron chi connectivity index (χ2n) is 7.81. The maximum Gasteiger partial charge on any atom is 0.244 e. The minimum absolute atomic E-state index is 0.127. The van der Waals surface area contributed by atoms with Crippen LogP contribution in [-0.2, 0) is 26.2 Å². The van der Waals surface area contributed by atoms with Gasteiger partial charge in [-0.25, -0.2) is 8.42 Å². The Kier molecular flexibility index (Phi) is 10.4. The lowest BCUT2D eigenvalue weighted by atomic mass is 10.1. The number of nitrogens with one attached hydrogen (secondary N) is 1. The number of rotatable bonds is 12. The molecule has 1 unspecified atom stereocenters. The molecule has 0 aliphatic heterocycles. The first-order chi connectivity index (χ1) is 16.1. The van der Waals surface area contributed by atoms with E-state index in [0.29, 0.717) is 28.9 Å². The number of nitrogens with zero attached hydrogens (tertiary/aromatic N) is 2. The van der Waals surface area contributed by atoms with Crippen molar-refractivity contribution >= 4 is 43.5 Å². The molecule has 0 saturated carbocycles. The normalized spacial score (nSPS) is 12.0. The number of carbonyl (C=O) groups is 2. The van der Waals surface area contributed by atoms with Crippen molar-refractivity contribution in [3.63, 3.8) is 0 Å². The molecule has 0 saturated heterocycles. The molecule has 1 atom stereocenters. The number of sulfonamides is 1. The molecule has 0 aromatic heterocycles. The van der Waals surface area contributed by atoms with Crippen molar-refractivity contribution in [3.05, 3.63) is 58.6 Å². The van der Waals surface area contributed by atoms with E-state index in [1.165, 1.54) is 4.90 Å². The smallest absolute Gasteiger partial charge is 0.244 e. The number of para-hydroxylation sites is 1. The Morgan fingerprint density at radius 1 is 1.12 bits per heavy atom. The van der Waals surface area contributed by atoms with Crippen molar-refractivity contribution < 1.29 is 22.7 Å². The quantitative estimate of drug-likeness (QED) is 0.433. The van der Waals surface area contributed by atoms with Crippen molar-refractivity contribution in [1.82, 2.24) is 10.2 Å². The number of halogens is 1. The van der Waals surface area contributed by atoms with Gasteiger partial charge in [-0.1, -0.05) is 38.1 Å². The zero-order chi connectivity index (χ0) is 25.3. The van der Waals surface area contributed by atoms with E-state index in [0.717, 1.165) is 22.5 Å². The van der Waals surface area contributed by atoms with Crippen LogP contribution in [0.3, 0.4) is 0 Å². The largest absolute Gasteiger partial charge is 0.497 e. The highest BCUT2D eigenvalue weighted by Crippen LogP contribution is 2.28. The lowest BCUT2D eigenvalue weighted by Crippen LogP contribution is -2.52. The third-order valence-electron chi connectivity index (χ3n) is 5.22. The molecule has 186 valence electrons. The molecule has 0 heterocycles. The summed E-state index contributed by atoms with van der Waals surface area (Å²) < 4.78 is 32.2. The molecule has 2 aromatic carbocycles. The van der Waals surface area contributed by atoms with E-state index in [-0.39, 0.29) is 12.5 Å². The molecule has 2 amide bonds. The second-order valence-corrected chi connectivity index (χ2v) is 10.6. The third-order valence-corrected chi connectivity index (χ3v) is 7.02. The van der Waals surface area contributed by atoms with Gasteiger partial charge in [0.25, 0.3) is 0 Å². The lowest BCUT2D eigenvalue weighted by Gasteiger charge is -2.33. The molecular weight excluding hydrogens is 522 g/mol. The van der Waals surface area contributed by atoms with Crippen molar-refractivity contribution in [2.75, 3.05) is 30.8 Å². The molecule has 10 heteroatoms. The molecule has 0 spiro atoms. The van der Waals surface area contributed by atoms with Gasteiger partial charge in [0, 0.05) is 17.6 Å². The van der Waals surface area contributed by atoms with E-state index in [1.54, 1.807) is 49.6 Å². The van der Waals surface area contributed by atoms with E-state index in [1.807, 2.05) is 19.9 Å². The molecule has 0 bridgehead atoms. The SMILES string of the molecule is CCCNC(=O)C(CC)N(Cc1cccc(OC)c1)C(=O)CN(c1ccccc1Br)S(C)(=O)=O. The van der Waals surface area contributed by atoms with E-state index >= 15 is 0 Å². The summed E-state index contributed by atoms with van der Waals surface area (Å²) in [6, 6.07) is 13.2. The number of hydrogen-bond donors (Lipinski definition) is 1. The Bertz CT molecular complexity index is 1090. The van der Waals surface area contributed by atoms with Gasteiger partial charge in [0.05, 0.1) is 19.1 Å². The molecule has 0 aliphatic carbocycles. The molecule has 2 aromatic rings. The first-order valence-electron chi connectivity index (χ1n) is 11.0. The fraction of sp³-hybridized carbons (Fsp3) is 0.417. The first kappa shape index (κ1) is 27.7. The van der Waals surface area contributed by atoms with Crippen LogP contribution in [0.15, 0.2) is 53.0 Å². The van der Waals surface area contributed by atoms with E-state index in [9.17, 15) is 18.0 Å². The molecule has 8 nitrogen and oxygen atoms in total. The van der Waals surface area contributed by atoms with Crippen LogP contribution in [0.1, 0.15) is 32.3 Å². The van der Waals surface area contributed by atoms with Crippen molar-refractivity contribution in [1.29, 1.82) is 0 Å². The first-order valence-corrected chi connectivity index (χ1v) is 13.7. The number of amides is 2. The molecule has 0 fully saturated rings. The van der Waals surface area contributed by atoms with Crippen LogP contribution >= 0.6 is 15.9 Å². The Morgan fingerprint density at radius 2 is 1.82 bits per heavy atom. The summed E-state index contributed by atoms with van der Waals surface area (Å²) in [6.45, 7) is 3.94. The zero-order valence-electron chi connectivity index (χ0n) is 20.0. The molecule has 1 N–H and O–H groups in total. The van der Waals surface area contributed by atoms with Gasteiger partial charge in [0.15, 0.2) is 0 Å². The number of carbonyl (C=O) groups excluding carboxylic acids is 2. The van der Waals surface area contributed by atoms with Gasteiger partial charge in [-0.15, -0.1) is 0 Å². The summed E-state index contributed by atoms with van der Waals surface area (Å²) in [4.78, 5) is 28.0. The Labute approximate surface area is 210 Å². The standard InChI is InChI=1S/C24H32BrN3O5S/c1-5-14-26-24(30)21(6-2)27(16-18-10-9-11-19(15-18)33-3)23(29)17-28(34(4,31)32)22-13-8-7-12-20(22)25/h7-13,15,21H,5-6,14,16-17H2,1-4H3,(H,26,30). The molecule has 34 heavy (non-hydrogen) atoms. The van der Waals surface area contributed by atoms with E-state index in [4.69, 9.17) is 4.74 Å². The van der Waals surface area contributed by atoms with E-state index < -0.39 is 28.5 Å². The minimum atomic E-state index is -3.78. The van der Waals surface area contributed by atoms with Crippen LogP contribution in [0.5, 0.6) is 5.75 Å². The van der Waals surface area contributed by atoms with Gasteiger partial charge < -0.3 is 15.0 Å². The molecule has 0 aliphatic rings. The van der Waals surface area contributed by atoms with Crippen molar-refractivity contribution in [2.24, 2.45) is 0 Å². The highest BCUT2D eigenvalue weighted by atomic mass is 79.9. The topological polar surface area (TPSA) is 96.0 Å². The predicted octanol–water partition coefficient (Wildman–Crippen LogP) is 3.56. The van der Waals surface area contributed by atoms with Gasteiger partial charge in [-0.3, -0.25) is 13.9 Å². The lowest BCUT2D eigenvalue weighted by molar-refractivity contribution is -0.140. The van der Waals surface area contributed by atoms with Crippen LogP contribution < -0.4 is 14.4 Å². The number of methoxy groups -OCH3 is 1. The average Bonchev–Trinajstić information content (AvgIpc) is 2.80. The number of ether oxygens (including phenoxy) is 1. The van der Waals surface area contributed by atoms with Crippen LogP contribution in [0, 0.1) is 0 Å². The zero-order valence-corrected chi connectivity index (χ0v) is 22.4. The monoisotopic (exact) mass is 553 g/mol. The predicted molar refractivity (Wildman–Crippen MR) is 137 cm³/mol. The summed E-state index contributed by atoms with van der Waals surface area (Å²) in [6.07, 6.45) is 2.19. The van der Waals surface area contributed by atoms with Crippen LogP contribution in [0.4, 0.5) is 5.69 Å². The highest BCUT2D eigenvalue weighted by Gasteiger charge is 2.32. The summed E-state index contributed by atoms with van der Waals surface area (Å²) in [5.41, 5.74) is 1.12. The van der Waals surface area contributed by atoms with Crippen molar-refractivity contribution in [3.8, 4) is 5.75 Å². The number of anilines is 1. The highest BCUT2D eigenvalue weighted by molar-refractivity contribution is 9.10. The molecule has 2 rings (SSSR count). The summed E-state index contributed by atoms with van der Waals surface area (Å²) in [5, 5.41) is 2.85. The average molecular weight is 555 g/mol. The van der Waals surface area contributed by atoms with Crippen molar-refractivity contribution in [2.45, 2.75) is 39.3 Å². The summed E-state index contributed by atoms with van der Waals surface area (Å²) in [5.74, 6) is -0.130. The molecule has 0 radical (unpaired) electrons. The maximum absolute atomic E-state index is 13.6. The number of benzene rings is 2. The van der Waals surface area contributed by atoms with Crippen LogP contribution in [0.2, 0.25) is 0 Å². The Morgan fingerprint density at radius 3 is 2.41 bits per heavy atom. The number of hydrogen-bond acceptors (Lipinski definition) is 5. The Balaban J connectivity index is 2.45. The van der Waals surface area contributed by atoms with Crippen LogP contribution in [0.25, 0.3) is 0 Å². The van der Waals surface area contributed by atoms with Gasteiger partial charge in [0.2, 0.25) is 21.8 Å². The minimum Gasteiger partial charge on any atom is -0.497 e. The van der Waals surface area contributed by atoms with Gasteiger partial charge in [-0.05, 0) is 58.6 Å². The Hall–Kier alpha value is -2.59.